The topological polar surface area (TPSA) is 56.7 Å². The zero-order valence-corrected chi connectivity index (χ0v) is 13.5. The lowest BCUT2D eigenvalue weighted by Crippen LogP contribution is -2.44. The Balaban J connectivity index is 2.64. The molecule has 0 amide bonds. The summed E-state index contributed by atoms with van der Waals surface area (Å²) in [5.74, 6) is 0.807. The molecule has 0 atom stereocenters. The molecule has 0 aliphatic carbocycles. The molecule has 21 heavy (non-hydrogen) atoms. The summed E-state index contributed by atoms with van der Waals surface area (Å²) in [6.45, 7) is 8.71. The van der Waals surface area contributed by atoms with Crippen molar-refractivity contribution in [1.82, 2.24) is 10.6 Å². The van der Waals surface area contributed by atoms with Crippen LogP contribution in [0.25, 0.3) is 0 Å². The standard InChI is InChI=1S/C17H29N3O/c1-4-17(5-2,14-21)13-20-16(18-6-3)19-12-15-10-8-7-9-11-15/h7-11,21H,4-6,12-14H2,1-3H3,(H2,18,19,20). The fourth-order valence-electron chi connectivity index (χ4n) is 2.15. The summed E-state index contributed by atoms with van der Waals surface area (Å²) in [4.78, 5) is 4.60. The van der Waals surface area contributed by atoms with Crippen LogP contribution in [0.2, 0.25) is 0 Å². The van der Waals surface area contributed by atoms with Gasteiger partial charge in [0, 0.05) is 18.5 Å². The minimum Gasteiger partial charge on any atom is -0.396 e. The second kappa shape index (κ2) is 9.40. The van der Waals surface area contributed by atoms with Crippen molar-refractivity contribution in [2.75, 3.05) is 19.7 Å². The van der Waals surface area contributed by atoms with Crippen LogP contribution in [-0.2, 0) is 6.54 Å². The van der Waals surface area contributed by atoms with E-state index in [1.165, 1.54) is 5.56 Å². The van der Waals surface area contributed by atoms with Crippen LogP contribution in [0.3, 0.4) is 0 Å². The predicted molar refractivity (Wildman–Crippen MR) is 89.4 cm³/mol. The molecule has 1 rings (SSSR count). The predicted octanol–water partition coefficient (Wildman–Crippen LogP) is 2.54. The molecule has 0 radical (unpaired) electrons. The molecule has 0 aromatic heterocycles. The van der Waals surface area contributed by atoms with Crippen molar-refractivity contribution in [1.29, 1.82) is 0 Å². The molecule has 4 heteroatoms. The number of benzene rings is 1. The van der Waals surface area contributed by atoms with Crippen molar-refractivity contribution < 1.29 is 5.11 Å². The molecule has 0 unspecified atom stereocenters. The van der Waals surface area contributed by atoms with Gasteiger partial charge in [-0.05, 0) is 25.3 Å². The van der Waals surface area contributed by atoms with Gasteiger partial charge in [-0.15, -0.1) is 0 Å². The van der Waals surface area contributed by atoms with Crippen LogP contribution >= 0.6 is 0 Å². The minimum absolute atomic E-state index is 0.0665. The maximum Gasteiger partial charge on any atom is 0.191 e. The van der Waals surface area contributed by atoms with E-state index < -0.39 is 0 Å². The van der Waals surface area contributed by atoms with E-state index in [2.05, 4.69) is 48.5 Å². The van der Waals surface area contributed by atoms with E-state index in [-0.39, 0.29) is 12.0 Å². The fraction of sp³-hybridized carbons (Fsp3) is 0.588. The molecule has 118 valence electrons. The first-order valence-corrected chi connectivity index (χ1v) is 7.86. The molecule has 1 aromatic carbocycles. The molecule has 3 N–H and O–H groups in total. The van der Waals surface area contributed by atoms with Gasteiger partial charge in [0.1, 0.15) is 0 Å². The fourth-order valence-corrected chi connectivity index (χ4v) is 2.15. The third-order valence-electron chi connectivity index (χ3n) is 4.07. The maximum atomic E-state index is 9.63. The average Bonchev–Trinajstić information content (AvgIpc) is 2.55. The molecular weight excluding hydrogens is 262 g/mol. The number of guanidine groups is 1. The van der Waals surface area contributed by atoms with E-state index in [0.717, 1.165) is 31.9 Å². The molecule has 0 aliphatic rings. The second-order valence-corrected chi connectivity index (χ2v) is 5.40. The number of aliphatic hydroxyl groups is 1. The van der Waals surface area contributed by atoms with E-state index in [0.29, 0.717) is 6.54 Å². The second-order valence-electron chi connectivity index (χ2n) is 5.40. The Bertz CT molecular complexity index is 405. The quantitative estimate of drug-likeness (QED) is 0.509. The van der Waals surface area contributed by atoms with Crippen molar-refractivity contribution in [2.24, 2.45) is 10.4 Å². The molecule has 0 saturated heterocycles. The van der Waals surface area contributed by atoms with Crippen molar-refractivity contribution in [2.45, 2.75) is 40.2 Å². The summed E-state index contributed by atoms with van der Waals surface area (Å²) < 4.78 is 0. The molecule has 0 saturated carbocycles. The van der Waals surface area contributed by atoms with Crippen molar-refractivity contribution in [3.8, 4) is 0 Å². The lowest BCUT2D eigenvalue weighted by molar-refractivity contribution is 0.118. The van der Waals surface area contributed by atoms with Gasteiger partial charge in [0.15, 0.2) is 5.96 Å². The van der Waals surface area contributed by atoms with E-state index in [9.17, 15) is 5.11 Å². The van der Waals surface area contributed by atoms with Crippen LogP contribution in [0.4, 0.5) is 0 Å². The van der Waals surface area contributed by atoms with E-state index in [4.69, 9.17) is 0 Å². The van der Waals surface area contributed by atoms with Gasteiger partial charge < -0.3 is 15.7 Å². The Morgan fingerprint density at radius 2 is 1.76 bits per heavy atom. The number of hydrogen-bond acceptors (Lipinski definition) is 2. The number of hydrogen-bond donors (Lipinski definition) is 3. The highest BCUT2D eigenvalue weighted by molar-refractivity contribution is 5.79. The van der Waals surface area contributed by atoms with Crippen LogP contribution in [-0.4, -0.2) is 30.8 Å². The first-order chi connectivity index (χ1) is 10.2. The Morgan fingerprint density at radius 3 is 2.29 bits per heavy atom. The SMILES string of the molecule is CCNC(=NCc1ccccc1)NCC(CC)(CC)CO. The molecule has 0 heterocycles. The number of nitrogens with one attached hydrogen (secondary N) is 2. The Kier molecular flexibility index (Phi) is 7.83. The molecular formula is C17H29N3O. The van der Waals surface area contributed by atoms with Gasteiger partial charge in [-0.2, -0.15) is 0 Å². The smallest absolute Gasteiger partial charge is 0.191 e. The third kappa shape index (κ3) is 5.76. The lowest BCUT2D eigenvalue weighted by Gasteiger charge is -2.30. The molecule has 0 fully saturated rings. The summed E-state index contributed by atoms with van der Waals surface area (Å²) in [6, 6.07) is 10.2. The highest BCUT2D eigenvalue weighted by Crippen LogP contribution is 2.24. The van der Waals surface area contributed by atoms with Crippen molar-refractivity contribution >= 4 is 5.96 Å². The van der Waals surface area contributed by atoms with Gasteiger partial charge in [0.2, 0.25) is 0 Å². The zero-order chi connectivity index (χ0) is 15.6. The molecule has 4 nitrogen and oxygen atoms in total. The number of nitrogens with zero attached hydrogens (tertiary/aromatic N) is 1. The van der Waals surface area contributed by atoms with Gasteiger partial charge in [0.05, 0.1) is 13.2 Å². The average molecular weight is 291 g/mol. The summed E-state index contributed by atoms with van der Waals surface area (Å²) in [5, 5.41) is 16.2. The van der Waals surface area contributed by atoms with Gasteiger partial charge in [-0.25, -0.2) is 4.99 Å². The highest BCUT2D eigenvalue weighted by Gasteiger charge is 2.25. The third-order valence-corrected chi connectivity index (χ3v) is 4.07. The maximum absolute atomic E-state index is 9.63. The lowest BCUT2D eigenvalue weighted by atomic mass is 9.83. The molecule has 0 aliphatic heterocycles. The summed E-state index contributed by atoms with van der Waals surface area (Å²) in [7, 11) is 0. The van der Waals surface area contributed by atoms with Gasteiger partial charge in [-0.1, -0.05) is 44.2 Å². The van der Waals surface area contributed by atoms with Crippen LogP contribution in [0, 0.1) is 5.41 Å². The normalized spacial score (nSPS) is 12.3. The van der Waals surface area contributed by atoms with Crippen LogP contribution in [0.5, 0.6) is 0 Å². The molecule has 0 bridgehead atoms. The Labute approximate surface area is 128 Å². The van der Waals surface area contributed by atoms with Gasteiger partial charge >= 0.3 is 0 Å². The Hall–Kier alpha value is -1.55. The largest absolute Gasteiger partial charge is 0.396 e. The number of aliphatic hydroxyl groups excluding tert-OH is 1. The highest BCUT2D eigenvalue weighted by atomic mass is 16.3. The van der Waals surface area contributed by atoms with E-state index in [1.54, 1.807) is 0 Å². The van der Waals surface area contributed by atoms with Crippen molar-refractivity contribution in [3.05, 3.63) is 35.9 Å². The Morgan fingerprint density at radius 1 is 1.10 bits per heavy atom. The summed E-state index contributed by atoms with van der Waals surface area (Å²) in [6.07, 6.45) is 1.90. The number of aliphatic imine (C=N–C) groups is 1. The summed E-state index contributed by atoms with van der Waals surface area (Å²) >= 11 is 0. The van der Waals surface area contributed by atoms with Crippen LogP contribution in [0.1, 0.15) is 39.2 Å². The first-order valence-electron chi connectivity index (χ1n) is 7.86. The molecule has 1 aromatic rings. The van der Waals surface area contributed by atoms with E-state index in [1.807, 2.05) is 18.2 Å². The van der Waals surface area contributed by atoms with Gasteiger partial charge in [0.25, 0.3) is 0 Å². The monoisotopic (exact) mass is 291 g/mol. The van der Waals surface area contributed by atoms with Crippen molar-refractivity contribution in [3.63, 3.8) is 0 Å². The number of rotatable bonds is 8. The minimum atomic E-state index is -0.0665. The summed E-state index contributed by atoms with van der Waals surface area (Å²) in [5.41, 5.74) is 1.12. The van der Waals surface area contributed by atoms with Crippen LogP contribution < -0.4 is 10.6 Å². The van der Waals surface area contributed by atoms with Gasteiger partial charge in [-0.3, -0.25) is 0 Å². The van der Waals surface area contributed by atoms with Crippen LogP contribution in [0.15, 0.2) is 35.3 Å². The zero-order valence-electron chi connectivity index (χ0n) is 13.5. The van der Waals surface area contributed by atoms with E-state index >= 15 is 0 Å². The first kappa shape index (κ1) is 17.5. The molecule has 0 spiro atoms.